The Kier molecular flexibility index (Phi) is 3.16. The summed E-state index contributed by atoms with van der Waals surface area (Å²) in [6.45, 7) is 0. The van der Waals surface area contributed by atoms with Crippen molar-refractivity contribution in [3.63, 3.8) is 0 Å². The van der Waals surface area contributed by atoms with Crippen LogP contribution in [0.4, 0.5) is 0 Å². The highest BCUT2D eigenvalue weighted by Gasteiger charge is 2.17. The summed E-state index contributed by atoms with van der Waals surface area (Å²) in [5, 5.41) is 2.31. The molecule has 0 saturated heterocycles. The third-order valence-electron chi connectivity index (χ3n) is 3.56. The summed E-state index contributed by atoms with van der Waals surface area (Å²) in [5.74, 6) is 0.788. The van der Waals surface area contributed by atoms with E-state index in [1.54, 1.807) is 0 Å². The van der Waals surface area contributed by atoms with Gasteiger partial charge < -0.3 is 9.97 Å². The number of imidazole rings is 1. The quantitative estimate of drug-likeness (QED) is 0.747. The number of hydrogen-bond acceptors (Lipinski definition) is 2. The zero-order chi connectivity index (χ0) is 11.7. The van der Waals surface area contributed by atoms with Gasteiger partial charge in [0.05, 0.1) is 10.6 Å². The van der Waals surface area contributed by atoms with Crippen molar-refractivity contribution in [2.45, 2.75) is 38.0 Å². The van der Waals surface area contributed by atoms with Crippen LogP contribution in [0.3, 0.4) is 0 Å². The van der Waals surface area contributed by atoms with Gasteiger partial charge in [-0.05, 0) is 48.0 Å². The van der Waals surface area contributed by atoms with Crippen LogP contribution in [0.15, 0.2) is 17.6 Å². The molecule has 0 aliphatic heterocycles. The molecule has 1 saturated carbocycles. The van der Waals surface area contributed by atoms with Crippen LogP contribution in [-0.2, 0) is 0 Å². The highest BCUT2D eigenvalue weighted by Crippen LogP contribution is 2.37. The van der Waals surface area contributed by atoms with E-state index in [0.717, 1.165) is 11.6 Å². The first-order valence-electron chi connectivity index (χ1n) is 6.19. The first-order chi connectivity index (χ1) is 8.33. The maximum Gasteiger partial charge on any atom is 0.174 e. The molecule has 0 aromatic carbocycles. The summed E-state index contributed by atoms with van der Waals surface area (Å²) >= 11 is 6.87. The summed E-state index contributed by atoms with van der Waals surface area (Å²) in [5.41, 5.74) is 2.63. The number of aromatic amines is 2. The fourth-order valence-electron chi connectivity index (χ4n) is 2.61. The fourth-order valence-corrected chi connectivity index (χ4v) is 3.74. The van der Waals surface area contributed by atoms with E-state index >= 15 is 0 Å². The van der Waals surface area contributed by atoms with Crippen molar-refractivity contribution in [3.8, 4) is 10.6 Å². The first-order valence-corrected chi connectivity index (χ1v) is 7.48. The number of hydrogen-bond donors (Lipinski definition) is 2. The molecule has 0 atom stereocenters. The molecule has 0 unspecified atom stereocenters. The van der Waals surface area contributed by atoms with Crippen LogP contribution in [0.2, 0.25) is 0 Å². The van der Waals surface area contributed by atoms with Gasteiger partial charge in [-0.1, -0.05) is 19.3 Å². The van der Waals surface area contributed by atoms with Crippen LogP contribution in [0, 0.1) is 4.77 Å². The smallest absolute Gasteiger partial charge is 0.174 e. The van der Waals surface area contributed by atoms with Crippen LogP contribution in [0.1, 0.15) is 43.6 Å². The average Bonchev–Trinajstić information content (AvgIpc) is 2.98. The molecule has 3 rings (SSSR count). The fraction of sp³-hybridized carbons (Fsp3) is 0.462. The van der Waals surface area contributed by atoms with Crippen LogP contribution < -0.4 is 0 Å². The highest BCUT2D eigenvalue weighted by molar-refractivity contribution is 7.71. The second-order valence-corrected chi connectivity index (χ2v) is 6.06. The maximum atomic E-state index is 5.06. The summed E-state index contributed by atoms with van der Waals surface area (Å²) in [4.78, 5) is 7.49. The van der Waals surface area contributed by atoms with Gasteiger partial charge in [0.1, 0.15) is 0 Å². The Hall–Kier alpha value is -0.870. The summed E-state index contributed by atoms with van der Waals surface area (Å²) in [6, 6.07) is 2.33. The highest BCUT2D eigenvalue weighted by atomic mass is 32.1. The van der Waals surface area contributed by atoms with Crippen molar-refractivity contribution >= 4 is 23.6 Å². The third-order valence-corrected chi connectivity index (χ3v) is 4.76. The zero-order valence-corrected chi connectivity index (χ0v) is 11.3. The lowest BCUT2D eigenvalue weighted by atomic mass is 9.85. The van der Waals surface area contributed by atoms with E-state index in [4.69, 9.17) is 12.2 Å². The minimum atomic E-state index is 0.701. The number of H-pyrrole nitrogens is 2. The lowest BCUT2D eigenvalue weighted by Gasteiger charge is -2.20. The van der Waals surface area contributed by atoms with Crippen LogP contribution in [0.5, 0.6) is 0 Å². The van der Waals surface area contributed by atoms with Gasteiger partial charge in [-0.25, -0.2) is 0 Å². The molecule has 0 spiro atoms. The predicted molar refractivity (Wildman–Crippen MR) is 75.1 cm³/mol. The number of nitrogens with one attached hydrogen (secondary N) is 2. The largest absolute Gasteiger partial charge is 0.337 e. The molecule has 1 aliphatic rings. The van der Waals surface area contributed by atoms with Gasteiger partial charge in [-0.2, -0.15) is 0 Å². The summed E-state index contributed by atoms with van der Waals surface area (Å²) < 4.78 is 0.701. The third kappa shape index (κ3) is 2.38. The molecule has 1 aliphatic carbocycles. The predicted octanol–water partition coefficient (Wildman–Crippen LogP) is 4.85. The van der Waals surface area contributed by atoms with Crippen molar-refractivity contribution in [2.24, 2.45) is 0 Å². The molecule has 17 heavy (non-hydrogen) atoms. The topological polar surface area (TPSA) is 31.6 Å². The van der Waals surface area contributed by atoms with Crippen molar-refractivity contribution in [1.29, 1.82) is 0 Å². The minimum Gasteiger partial charge on any atom is -0.337 e. The van der Waals surface area contributed by atoms with E-state index in [1.807, 2.05) is 17.5 Å². The van der Waals surface area contributed by atoms with Crippen LogP contribution in [0.25, 0.3) is 10.6 Å². The molecule has 2 nitrogen and oxygen atoms in total. The van der Waals surface area contributed by atoms with Gasteiger partial charge >= 0.3 is 0 Å². The standard InChI is InChI=1S/C13H16N2S2/c16-13-14-7-11(15-13)12-6-10(8-17-12)9-4-2-1-3-5-9/h6-9H,1-5H2,(H2,14,15,16). The van der Waals surface area contributed by atoms with Crippen molar-refractivity contribution in [3.05, 3.63) is 28.0 Å². The summed E-state index contributed by atoms with van der Waals surface area (Å²) in [7, 11) is 0. The molecule has 4 heteroatoms. The Morgan fingerprint density at radius 2 is 2.06 bits per heavy atom. The zero-order valence-electron chi connectivity index (χ0n) is 9.66. The Morgan fingerprint density at radius 3 is 2.76 bits per heavy atom. The molecule has 1 fully saturated rings. The first kappa shape index (κ1) is 11.2. The molecule has 90 valence electrons. The van der Waals surface area contributed by atoms with Crippen molar-refractivity contribution in [1.82, 2.24) is 9.97 Å². The minimum absolute atomic E-state index is 0.701. The van der Waals surface area contributed by atoms with Gasteiger partial charge in [-0.15, -0.1) is 11.3 Å². The molecule has 2 aromatic heterocycles. The van der Waals surface area contributed by atoms with E-state index in [0.29, 0.717) is 4.77 Å². The lowest BCUT2D eigenvalue weighted by Crippen LogP contribution is -2.02. The van der Waals surface area contributed by atoms with Gasteiger partial charge in [0.2, 0.25) is 0 Å². The number of thiophene rings is 1. The monoisotopic (exact) mass is 264 g/mol. The average molecular weight is 264 g/mol. The molecule has 2 heterocycles. The molecule has 0 amide bonds. The molecule has 0 bridgehead atoms. The second-order valence-electron chi connectivity index (χ2n) is 4.74. The Labute approximate surface area is 110 Å². The Bertz CT molecular complexity index is 544. The van der Waals surface area contributed by atoms with Crippen molar-refractivity contribution < 1.29 is 0 Å². The summed E-state index contributed by atoms with van der Waals surface area (Å²) in [6.07, 6.45) is 8.88. The normalized spacial score (nSPS) is 17.4. The lowest BCUT2D eigenvalue weighted by molar-refractivity contribution is 0.444. The van der Waals surface area contributed by atoms with E-state index < -0.39 is 0 Å². The SMILES string of the molecule is S=c1[nH]cc(-c2cc(C3CCCCC3)cs2)[nH]1. The molecule has 0 radical (unpaired) electrons. The Balaban J connectivity index is 1.84. The Morgan fingerprint density at radius 1 is 1.24 bits per heavy atom. The van der Waals surface area contributed by atoms with E-state index in [2.05, 4.69) is 21.4 Å². The maximum absolute atomic E-state index is 5.06. The number of rotatable bonds is 2. The molecule has 2 N–H and O–H groups in total. The van der Waals surface area contributed by atoms with Crippen LogP contribution >= 0.6 is 23.6 Å². The second kappa shape index (κ2) is 4.78. The van der Waals surface area contributed by atoms with Gasteiger partial charge in [0.25, 0.3) is 0 Å². The molecular weight excluding hydrogens is 248 g/mol. The van der Waals surface area contributed by atoms with Crippen molar-refractivity contribution in [2.75, 3.05) is 0 Å². The van der Waals surface area contributed by atoms with E-state index in [9.17, 15) is 0 Å². The van der Waals surface area contributed by atoms with Gasteiger partial charge in [0.15, 0.2) is 4.77 Å². The van der Waals surface area contributed by atoms with Gasteiger partial charge in [0, 0.05) is 6.20 Å². The van der Waals surface area contributed by atoms with Gasteiger partial charge in [-0.3, -0.25) is 0 Å². The van der Waals surface area contributed by atoms with E-state index in [1.165, 1.54) is 42.5 Å². The molecular formula is C13H16N2S2. The van der Waals surface area contributed by atoms with Crippen LogP contribution in [-0.4, -0.2) is 9.97 Å². The van der Waals surface area contributed by atoms with E-state index in [-0.39, 0.29) is 0 Å². The number of aromatic nitrogens is 2. The molecule has 2 aromatic rings.